The molecule has 148 valence electrons. The minimum Gasteiger partial charge on any atom is -0.314 e. The van der Waals surface area contributed by atoms with Crippen LogP contribution in [0.4, 0.5) is 0 Å². The zero-order valence-corrected chi connectivity index (χ0v) is 15.6. The maximum Gasteiger partial charge on any atom is 0.262 e. The van der Waals surface area contributed by atoms with Crippen molar-refractivity contribution in [3.05, 3.63) is 34.9 Å². The highest BCUT2D eigenvalue weighted by Crippen LogP contribution is 2.28. The van der Waals surface area contributed by atoms with Crippen molar-refractivity contribution in [2.75, 3.05) is 13.1 Å². The normalized spacial score (nSPS) is 21.9. The number of nitrogens with zero attached hydrogens (tertiary/aromatic N) is 1. The van der Waals surface area contributed by atoms with Gasteiger partial charge in [-0.05, 0) is 56.5 Å². The first-order chi connectivity index (χ1) is 13.5. The number of piperidine rings is 1. The Kier molecular flexibility index (Phi) is 5.23. The summed E-state index contributed by atoms with van der Waals surface area (Å²) in [6, 6.07) is 4.98. The summed E-state index contributed by atoms with van der Waals surface area (Å²) in [5.74, 6) is -1.91. The molecule has 3 N–H and O–H groups in total. The van der Waals surface area contributed by atoms with Crippen LogP contribution >= 0.6 is 0 Å². The first-order valence-corrected chi connectivity index (χ1v) is 9.83. The lowest BCUT2D eigenvalue weighted by Gasteiger charge is -2.27. The highest BCUT2D eigenvalue weighted by molar-refractivity contribution is 6.23. The Labute approximate surface area is 163 Å². The van der Waals surface area contributed by atoms with Gasteiger partial charge >= 0.3 is 0 Å². The molecular weight excluding hydrogens is 360 g/mol. The number of fused-ring (bicyclic) bond motifs is 1. The van der Waals surface area contributed by atoms with Gasteiger partial charge in [0.25, 0.3) is 11.8 Å². The van der Waals surface area contributed by atoms with Crippen molar-refractivity contribution in [3.8, 4) is 0 Å². The molecule has 0 radical (unpaired) electrons. The molecule has 8 nitrogen and oxygen atoms in total. The van der Waals surface area contributed by atoms with Crippen molar-refractivity contribution in [2.45, 2.75) is 50.7 Å². The minimum atomic E-state index is -0.925. The first-order valence-electron chi connectivity index (χ1n) is 9.83. The molecular formula is C20H24N4O4. The van der Waals surface area contributed by atoms with Crippen LogP contribution in [-0.4, -0.2) is 53.7 Å². The molecule has 1 saturated heterocycles. The van der Waals surface area contributed by atoms with E-state index in [2.05, 4.69) is 16.0 Å². The van der Waals surface area contributed by atoms with E-state index in [1.54, 1.807) is 12.1 Å². The summed E-state index contributed by atoms with van der Waals surface area (Å²) >= 11 is 0. The lowest BCUT2D eigenvalue weighted by molar-refractivity contribution is -0.136. The molecule has 0 bridgehead atoms. The number of amides is 4. The summed E-state index contributed by atoms with van der Waals surface area (Å²) in [6.45, 7) is 2.47. The fraction of sp³-hybridized carbons (Fsp3) is 0.500. The summed E-state index contributed by atoms with van der Waals surface area (Å²) in [5, 5.41) is 9.01. The predicted molar refractivity (Wildman–Crippen MR) is 100 cm³/mol. The standard InChI is InChI=1S/C20H24N4O4/c25-17-7-6-16(18(26)23-17)24-19(27)14-5-2-12(10-15(14)20(24)28)11-21-8-1-9-22-13-3-4-13/h2,5,10,13,16,21-22H,1,3-4,6-9,11H2,(H,23,25,26). The topological polar surface area (TPSA) is 108 Å². The number of carbonyl (C=O) groups is 4. The van der Waals surface area contributed by atoms with Gasteiger partial charge < -0.3 is 10.6 Å². The van der Waals surface area contributed by atoms with E-state index in [1.165, 1.54) is 12.8 Å². The third-order valence-electron chi connectivity index (χ3n) is 5.37. The summed E-state index contributed by atoms with van der Waals surface area (Å²) in [7, 11) is 0. The van der Waals surface area contributed by atoms with Gasteiger partial charge in [-0.1, -0.05) is 6.07 Å². The van der Waals surface area contributed by atoms with E-state index in [0.29, 0.717) is 23.7 Å². The van der Waals surface area contributed by atoms with Crippen LogP contribution in [0, 0.1) is 0 Å². The number of carbonyl (C=O) groups excluding carboxylic acids is 4. The molecule has 28 heavy (non-hydrogen) atoms. The Morgan fingerprint density at radius 1 is 1.00 bits per heavy atom. The van der Waals surface area contributed by atoms with Crippen LogP contribution < -0.4 is 16.0 Å². The van der Waals surface area contributed by atoms with E-state index in [-0.39, 0.29) is 18.7 Å². The van der Waals surface area contributed by atoms with Crippen molar-refractivity contribution >= 4 is 23.6 Å². The third-order valence-corrected chi connectivity index (χ3v) is 5.37. The molecule has 4 rings (SSSR count). The summed E-state index contributed by atoms with van der Waals surface area (Å²) in [5.41, 5.74) is 1.55. The molecule has 1 atom stereocenters. The fourth-order valence-electron chi connectivity index (χ4n) is 3.67. The van der Waals surface area contributed by atoms with E-state index < -0.39 is 23.8 Å². The zero-order valence-electron chi connectivity index (χ0n) is 15.6. The average Bonchev–Trinajstić information content (AvgIpc) is 3.46. The molecule has 2 aliphatic heterocycles. The number of hydrogen-bond donors (Lipinski definition) is 3. The molecule has 8 heteroatoms. The summed E-state index contributed by atoms with van der Waals surface area (Å²) in [6.07, 6.45) is 3.88. The van der Waals surface area contributed by atoms with Gasteiger partial charge in [0.1, 0.15) is 6.04 Å². The van der Waals surface area contributed by atoms with E-state index in [0.717, 1.165) is 30.0 Å². The lowest BCUT2D eigenvalue weighted by atomic mass is 10.0. The second-order valence-corrected chi connectivity index (χ2v) is 7.59. The Balaban J connectivity index is 1.36. The van der Waals surface area contributed by atoms with Gasteiger partial charge in [-0.15, -0.1) is 0 Å². The Bertz CT molecular complexity index is 833. The van der Waals surface area contributed by atoms with Crippen LogP contribution in [0.2, 0.25) is 0 Å². The maximum atomic E-state index is 12.8. The molecule has 2 fully saturated rings. The summed E-state index contributed by atoms with van der Waals surface area (Å²) < 4.78 is 0. The maximum absolute atomic E-state index is 12.8. The molecule has 0 spiro atoms. The predicted octanol–water partition coefficient (Wildman–Crippen LogP) is 0.320. The molecule has 3 aliphatic rings. The Morgan fingerprint density at radius 3 is 2.54 bits per heavy atom. The number of nitrogens with one attached hydrogen (secondary N) is 3. The molecule has 2 heterocycles. The van der Waals surface area contributed by atoms with Crippen molar-refractivity contribution < 1.29 is 19.2 Å². The monoisotopic (exact) mass is 384 g/mol. The van der Waals surface area contributed by atoms with E-state index in [1.807, 2.05) is 6.07 Å². The highest BCUT2D eigenvalue weighted by Gasteiger charge is 2.44. The smallest absolute Gasteiger partial charge is 0.262 e. The minimum absolute atomic E-state index is 0.120. The fourth-order valence-corrected chi connectivity index (χ4v) is 3.67. The molecule has 1 aliphatic carbocycles. The van der Waals surface area contributed by atoms with Crippen molar-refractivity contribution in [3.63, 3.8) is 0 Å². The van der Waals surface area contributed by atoms with Crippen LogP contribution in [-0.2, 0) is 16.1 Å². The van der Waals surface area contributed by atoms with Crippen molar-refractivity contribution in [1.82, 2.24) is 20.9 Å². The Morgan fingerprint density at radius 2 is 1.79 bits per heavy atom. The van der Waals surface area contributed by atoms with Gasteiger partial charge in [-0.3, -0.25) is 29.4 Å². The lowest BCUT2D eigenvalue weighted by Crippen LogP contribution is -2.54. The molecule has 4 amide bonds. The van der Waals surface area contributed by atoms with Gasteiger partial charge in [-0.25, -0.2) is 0 Å². The molecule has 1 saturated carbocycles. The third kappa shape index (κ3) is 3.83. The number of hydrogen-bond acceptors (Lipinski definition) is 6. The van der Waals surface area contributed by atoms with Gasteiger partial charge in [0, 0.05) is 19.0 Å². The van der Waals surface area contributed by atoms with Crippen LogP contribution in [0.15, 0.2) is 18.2 Å². The van der Waals surface area contributed by atoms with Gasteiger partial charge in [0.05, 0.1) is 11.1 Å². The number of rotatable bonds is 8. The second-order valence-electron chi connectivity index (χ2n) is 7.59. The van der Waals surface area contributed by atoms with Gasteiger partial charge in [0.15, 0.2) is 0 Å². The molecule has 0 aromatic heterocycles. The van der Waals surface area contributed by atoms with Crippen LogP contribution in [0.25, 0.3) is 0 Å². The first kappa shape index (κ1) is 18.8. The summed E-state index contributed by atoms with van der Waals surface area (Å²) in [4.78, 5) is 49.8. The van der Waals surface area contributed by atoms with E-state index in [9.17, 15) is 19.2 Å². The van der Waals surface area contributed by atoms with Gasteiger partial charge in [-0.2, -0.15) is 0 Å². The SMILES string of the molecule is O=C1CCC(N2C(=O)c3ccc(CNCCCNC4CC4)cc3C2=O)C(=O)N1. The molecule has 1 aromatic carbocycles. The van der Waals surface area contributed by atoms with E-state index in [4.69, 9.17) is 0 Å². The molecule has 1 unspecified atom stereocenters. The molecule has 1 aromatic rings. The van der Waals surface area contributed by atoms with Crippen LogP contribution in [0.1, 0.15) is 58.4 Å². The van der Waals surface area contributed by atoms with E-state index >= 15 is 0 Å². The van der Waals surface area contributed by atoms with Crippen molar-refractivity contribution in [1.29, 1.82) is 0 Å². The largest absolute Gasteiger partial charge is 0.314 e. The zero-order chi connectivity index (χ0) is 19.7. The number of imide groups is 2. The quantitative estimate of drug-likeness (QED) is 0.440. The number of benzene rings is 1. The van der Waals surface area contributed by atoms with Crippen LogP contribution in [0.3, 0.4) is 0 Å². The average molecular weight is 384 g/mol. The Hall–Kier alpha value is -2.58. The van der Waals surface area contributed by atoms with Crippen LogP contribution in [0.5, 0.6) is 0 Å². The van der Waals surface area contributed by atoms with Crippen molar-refractivity contribution in [2.24, 2.45) is 0 Å². The highest BCUT2D eigenvalue weighted by atomic mass is 16.2. The second kappa shape index (κ2) is 7.81. The van der Waals surface area contributed by atoms with Gasteiger partial charge in [0.2, 0.25) is 11.8 Å².